The smallest absolute Gasteiger partial charge is 0.410 e. The van der Waals surface area contributed by atoms with Crippen LogP contribution in [0.1, 0.15) is 80.8 Å². The van der Waals surface area contributed by atoms with E-state index in [1.807, 2.05) is 26.8 Å². The quantitative estimate of drug-likeness (QED) is 0.559. The number of carboxylic acid groups (broad SMARTS) is 1. The van der Waals surface area contributed by atoms with Crippen LogP contribution in [0.5, 0.6) is 0 Å². The van der Waals surface area contributed by atoms with Crippen molar-refractivity contribution in [1.29, 1.82) is 0 Å². The van der Waals surface area contributed by atoms with Gasteiger partial charge in [0.15, 0.2) is 6.29 Å². The van der Waals surface area contributed by atoms with Crippen LogP contribution in [0, 0.1) is 17.8 Å². The molecule has 1 aromatic heterocycles. The average molecular weight is 549 g/mol. The van der Waals surface area contributed by atoms with E-state index in [1.165, 1.54) is 11.3 Å². The molecule has 210 valence electrons. The number of fused-ring (bicyclic) bond motifs is 1. The molecule has 0 unspecified atom stereocenters. The van der Waals surface area contributed by atoms with E-state index in [2.05, 4.69) is 6.92 Å². The number of likely N-dealkylation sites (tertiary alicyclic amines) is 1. The van der Waals surface area contributed by atoms with E-state index in [0.29, 0.717) is 44.3 Å². The van der Waals surface area contributed by atoms with Crippen molar-refractivity contribution in [1.82, 2.24) is 4.90 Å². The molecule has 1 aromatic rings. The summed E-state index contributed by atoms with van der Waals surface area (Å²) in [7, 11) is 0. The fourth-order valence-electron chi connectivity index (χ4n) is 6.15. The van der Waals surface area contributed by atoms with Gasteiger partial charge < -0.3 is 29.1 Å². The Kier molecular flexibility index (Phi) is 7.77. The number of hydrogen-bond donors (Lipinski definition) is 1. The lowest BCUT2D eigenvalue weighted by Gasteiger charge is -2.34. The van der Waals surface area contributed by atoms with Crippen LogP contribution in [0.15, 0.2) is 6.07 Å². The predicted octanol–water partition coefficient (Wildman–Crippen LogP) is 4.88. The van der Waals surface area contributed by atoms with Crippen molar-refractivity contribution in [3.63, 3.8) is 0 Å². The number of anilines is 1. The summed E-state index contributed by atoms with van der Waals surface area (Å²) in [6, 6.07) is 1.58. The number of carbonyl (C=O) groups is 3. The Hall–Kier alpha value is -2.17. The van der Waals surface area contributed by atoms with Crippen LogP contribution in [0.25, 0.3) is 0 Å². The van der Waals surface area contributed by atoms with Crippen molar-refractivity contribution in [3.8, 4) is 0 Å². The molecule has 3 saturated heterocycles. The Balaban J connectivity index is 1.38. The van der Waals surface area contributed by atoms with Crippen LogP contribution in [0.4, 0.5) is 10.5 Å². The monoisotopic (exact) mass is 548 g/mol. The van der Waals surface area contributed by atoms with E-state index in [9.17, 15) is 19.5 Å². The summed E-state index contributed by atoms with van der Waals surface area (Å²) in [5, 5.41) is 10.1. The number of nitrogens with zero attached hydrogens (tertiary/aromatic N) is 2. The minimum atomic E-state index is -1.03. The molecule has 2 amide bonds. The number of hydrogen-bond acceptors (Lipinski definition) is 7. The second kappa shape index (κ2) is 10.8. The fraction of sp³-hybridized carbons (Fsp3) is 0.750. The molecule has 4 fully saturated rings. The van der Waals surface area contributed by atoms with Crippen molar-refractivity contribution >= 4 is 35.0 Å². The zero-order valence-electron chi connectivity index (χ0n) is 22.8. The SMILES string of the molecule is CC(C)(C)c1cc(N(C(=O)[C@H]2CC[C@H](C)CC2)[C@H]2CCN(C(=O)O[C@H]3CO[C@H]4OCC[C@H]43)C2)c(C(=O)O)s1. The fourth-order valence-corrected chi connectivity index (χ4v) is 7.20. The Labute approximate surface area is 228 Å². The molecule has 1 aliphatic carbocycles. The summed E-state index contributed by atoms with van der Waals surface area (Å²) in [6.07, 6.45) is 3.93. The molecule has 1 N–H and O–H groups in total. The first-order chi connectivity index (χ1) is 18.0. The molecule has 1 saturated carbocycles. The first kappa shape index (κ1) is 27.4. The van der Waals surface area contributed by atoms with Crippen LogP contribution >= 0.6 is 11.3 Å². The number of carbonyl (C=O) groups excluding carboxylic acids is 2. The topological polar surface area (TPSA) is 106 Å². The van der Waals surface area contributed by atoms with Crippen LogP contribution in [0.2, 0.25) is 0 Å². The van der Waals surface area contributed by atoms with Gasteiger partial charge in [-0.05, 0) is 55.9 Å². The molecule has 4 heterocycles. The molecule has 3 aliphatic heterocycles. The average Bonchev–Trinajstić information content (AvgIpc) is 3.65. The van der Waals surface area contributed by atoms with E-state index in [1.54, 1.807) is 9.80 Å². The lowest BCUT2D eigenvalue weighted by Crippen LogP contribution is -2.47. The maximum absolute atomic E-state index is 14.1. The lowest BCUT2D eigenvalue weighted by molar-refractivity contribution is -0.124. The van der Waals surface area contributed by atoms with Gasteiger partial charge in [0, 0.05) is 23.9 Å². The molecule has 0 radical (unpaired) electrons. The van der Waals surface area contributed by atoms with Gasteiger partial charge in [0.1, 0.15) is 11.0 Å². The molecular weight excluding hydrogens is 508 g/mol. The number of amides is 2. The highest BCUT2D eigenvalue weighted by atomic mass is 32.1. The molecule has 0 aromatic carbocycles. The van der Waals surface area contributed by atoms with Gasteiger partial charge in [-0.1, -0.05) is 27.7 Å². The first-order valence-corrected chi connectivity index (χ1v) is 14.7. The summed E-state index contributed by atoms with van der Waals surface area (Å²) < 4.78 is 17.0. The molecule has 10 heteroatoms. The largest absolute Gasteiger partial charge is 0.477 e. The molecule has 0 spiro atoms. The second-order valence-electron chi connectivity index (χ2n) is 12.4. The van der Waals surface area contributed by atoms with E-state index in [4.69, 9.17) is 14.2 Å². The standard InChI is InChI=1S/C28H40N2O7S/c1-16-5-7-17(8-6-16)24(31)30(20-13-22(28(2,3)4)38-23(20)25(32)33)18-9-11-29(14-18)27(34)37-21-15-36-26-19(21)10-12-35-26/h13,16-19,21,26H,5-12,14-15H2,1-4H3,(H,32,33)/t16-,17-,18-,19-,21-,26+/m0/s1. The zero-order valence-corrected chi connectivity index (χ0v) is 23.6. The van der Waals surface area contributed by atoms with Gasteiger partial charge in [-0.2, -0.15) is 0 Å². The van der Waals surface area contributed by atoms with Crippen LogP contribution in [-0.2, 0) is 24.4 Å². The number of carboxylic acids is 1. The highest BCUT2D eigenvalue weighted by molar-refractivity contribution is 7.14. The maximum atomic E-state index is 14.1. The highest BCUT2D eigenvalue weighted by Gasteiger charge is 2.46. The Morgan fingerprint density at radius 3 is 2.53 bits per heavy atom. The number of aromatic carboxylic acids is 1. The predicted molar refractivity (Wildman–Crippen MR) is 143 cm³/mol. The molecule has 38 heavy (non-hydrogen) atoms. The summed E-state index contributed by atoms with van der Waals surface area (Å²) in [6.45, 7) is 10.0. The summed E-state index contributed by atoms with van der Waals surface area (Å²) in [5.41, 5.74) is 0.213. The minimum Gasteiger partial charge on any atom is -0.477 e. The van der Waals surface area contributed by atoms with Gasteiger partial charge in [0.2, 0.25) is 5.91 Å². The van der Waals surface area contributed by atoms with Crippen LogP contribution < -0.4 is 4.90 Å². The second-order valence-corrected chi connectivity index (χ2v) is 13.4. The van der Waals surface area contributed by atoms with E-state index < -0.39 is 12.1 Å². The van der Waals surface area contributed by atoms with E-state index >= 15 is 0 Å². The van der Waals surface area contributed by atoms with Gasteiger partial charge in [-0.3, -0.25) is 4.79 Å². The molecular formula is C28H40N2O7S. The number of rotatable bonds is 5. The molecule has 5 rings (SSSR count). The van der Waals surface area contributed by atoms with E-state index in [0.717, 1.165) is 37.0 Å². The Bertz CT molecular complexity index is 1060. The molecule has 9 nitrogen and oxygen atoms in total. The van der Waals surface area contributed by atoms with Gasteiger partial charge >= 0.3 is 12.1 Å². The maximum Gasteiger partial charge on any atom is 0.410 e. The highest BCUT2D eigenvalue weighted by Crippen LogP contribution is 2.41. The summed E-state index contributed by atoms with van der Waals surface area (Å²) in [5.74, 6) is -0.532. The third kappa shape index (κ3) is 5.45. The van der Waals surface area contributed by atoms with Crippen molar-refractivity contribution < 1.29 is 33.7 Å². The summed E-state index contributed by atoms with van der Waals surface area (Å²) in [4.78, 5) is 44.0. The first-order valence-electron chi connectivity index (χ1n) is 13.9. The number of ether oxygens (including phenoxy) is 3. The molecule has 0 bridgehead atoms. The third-order valence-electron chi connectivity index (χ3n) is 8.53. The lowest BCUT2D eigenvalue weighted by atomic mass is 9.82. The normalized spacial score (nSPS) is 31.3. The van der Waals surface area contributed by atoms with Crippen molar-refractivity contribution in [2.24, 2.45) is 17.8 Å². The van der Waals surface area contributed by atoms with Gasteiger partial charge in [0.25, 0.3) is 0 Å². The molecule has 4 atom stereocenters. The Morgan fingerprint density at radius 2 is 1.84 bits per heavy atom. The van der Waals surface area contributed by atoms with Crippen molar-refractivity contribution in [3.05, 3.63) is 15.8 Å². The zero-order chi connectivity index (χ0) is 27.2. The molecule has 4 aliphatic rings. The van der Waals surface area contributed by atoms with Gasteiger partial charge in [0.05, 0.1) is 30.9 Å². The van der Waals surface area contributed by atoms with Crippen LogP contribution in [-0.4, -0.2) is 72.7 Å². The summed E-state index contributed by atoms with van der Waals surface area (Å²) >= 11 is 1.24. The Morgan fingerprint density at radius 1 is 1.11 bits per heavy atom. The van der Waals surface area contributed by atoms with Gasteiger partial charge in [-0.15, -0.1) is 11.3 Å². The van der Waals surface area contributed by atoms with E-state index in [-0.39, 0.29) is 46.5 Å². The van der Waals surface area contributed by atoms with Gasteiger partial charge in [-0.25, -0.2) is 9.59 Å². The third-order valence-corrected chi connectivity index (χ3v) is 10.1. The van der Waals surface area contributed by atoms with Crippen LogP contribution in [0.3, 0.4) is 0 Å². The van der Waals surface area contributed by atoms with Crippen molar-refractivity contribution in [2.75, 3.05) is 31.2 Å². The van der Waals surface area contributed by atoms with Crippen molar-refractivity contribution in [2.45, 2.75) is 90.1 Å². The number of thiophene rings is 1. The minimum absolute atomic E-state index is 0.0204.